The van der Waals surface area contributed by atoms with Crippen LogP contribution in [0, 0.1) is 0 Å². The number of ether oxygens (including phenoxy) is 1. The number of esters is 1. The van der Waals surface area contributed by atoms with Crippen LogP contribution in [-0.4, -0.2) is 24.6 Å². The number of amidine groups is 1. The van der Waals surface area contributed by atoms with Crippen LogP contribution >= 0.6 is 0 Å². The average Bonchev–Trinajstić information content (AvgIpc) is 2.79. The van der Waals surface area contributed by atoms with E-state index in [1.165, 1.54) is 0 Å². The van der Waals surface area contributed by atoms with Gasteiger partial charge in [-0.25, -0.2) is 14.8 Å². The number of para-hydroxylation sites is 1. The maximum absolute atomic E-state index is 11.8. The van der Waals surface area contributed by atoms with Crippen LogP contribution in [0.1, 0.15) is 12.5 Å². The second-order valence-corrected chi connectivity index (χ2v) is 4.11. The molecule has 0 saturated heterocycles. The van der Waals surface area contributed by atoms with Crippen molar-refractivity contribution in [3.05, 3.63) is 41.0 Å². The highest BCUT2D eigenvalue weighted by molar-refractivity contribution is 6.25. The summed E-state index contributed by atoms with van der Waals surface area (Å²) in [7, 11) is 0. The lowest BCUT2D eigenvalue weighted by Crippen LogP contribution is -2.13. The van der Waals surface area contributed by atoms with Crippen molar-refractivity contribution in [1.82, 2.24) is 0 Å². The minimum Gasteiger partial charge on any atom is -0.462 e. The summed E-state index contributed by atoms with van der Waals surface area (Å²) in [5.74, 6) is 0.317. The Morgan fingerprint density at radius 1 is 1.39 bits per heavy atom. The van der Waals surface area contributed by atoms with Crippen LogP contribution in [0.25, 0.3) is 0 Å². The lowest BCUT2D eigenvalue weighted by Gasteiger charge is -2.14. The fourth-order valence-corrected chi connectivity index (χ4v) is 2.13. The molecule has 90 valence electrons. The van der Waals surface area contributed by atoms with Gasteiger partial charge in [0.2, 0.25) is 0 Å². The molecule has 0 radical (unpaired) electrons. The smallest absolute Gasteiger partial charge is 0.340 e. The predicted octanol–water partition coefficient (Wildman–Crippen LogP) is 2.22. The molecule has 0 fully saturated rings. The Morgan fingerprint density at radius 3 is 3.06 bits per heavy atom. The summed E-state index contributed by atoms with van der Waals surface area (Å²) in [6.07, 6.45) is 2.24. The number of hydrogen-bond acceptors (Lipinski definition) is 4. The van der Waals surface area contributed by atoms with Gasteiger partial charge in [-0.2, -0.15) is 0 Å². The van der Waals surface area contributed by atoms with Crippen LogP contribution < -0.4 is 0 Å². The Bertz CT molecular complexity index is 612. The van der Waals surface area contributed by atoms with Crippen molar-refractivity contribution in [2.45, 2.75) is 13.3 Å². The summed E-state index contributed by atoms with van der Waals surface area (Å²) < 4.78 is 5.02. The van der Waals surface area contributed by atoms with Crippen LogP contribution in [-0.2, 0) is 16.0 Å². The van der Waals surface area contributed by atoms with Gasteiger partial charge in [0.05, 0.1) is 17.9 Å². The van der Waals surface area contributed by atoms with Crippen molar-refractivity contribution in [3.63, 3.8) is 0 Å². The van der Waals surface area contributed by atoms with Crippen molar-refractivity contribution in [1.29, 1.82) is 0 Å². The first-order valence-corrected chi connectivity index (χ1v) is 5.91. The van der Waals surface area contributed by atoms with Crippen LogP contribution in [0.2, 0.25) is 0 Å². The van der Waals surface area contributed by atoms with Crippen molar-refractivity contribution in [2.75, 3.05) is 6.61 Å². The summed E-state index contributed by atoms with van der Waals surface area (Å²) in [5.41, 5.74) is 3.44. The number of aliphatic imine (C=N–C) groups is 2. The monoisotopic (exact) mass is 240 g/mol. The number of fused-ring (bicyclic) bond motifs is 2. The van der Waals surface area contributed by atoms with Gasteiger partial charge < -0.3 is 4.74 Å². The van der Waals surface area contributed by atoms with Crippen LogP contribution in [0.15, 0.2) is 45.4 Å². The second-order valence-electron chi connectivity index (χ2n) is 4.11. The van der Waals surface area contributed by atoms with Crippen LogP contribution in [0.4, 0.5) is 5.69 Å². The third kappa shape index (κ3) is 1.66. The van der Waals surface area contributed by atoms with E-state index in [2.05, 4.69) is 9.98 Å². The zero-order chi connectivity index (χ0) is 12.5. The fraction of sp³-hybridized carbons (Fsp3) is 0.214. The van der Waals surface area contributed by atoms with E-state index >= 15 is 0 Å². The lowest BCUT2D eigenvalue weighted by atomic mass is 9.97. The Kier molecular flexibility index (Phi) is 2.55. The number of benzene rings is 1. The topological polar surface area (TPSA) is 51.0 Å². The summed E-state index contributed by atoms with van der Waals surface area (Å²) in [6.45, 7) is 2.16. The van der Waals surface area contributed by atoms with Gasteiger partial charge in [0.15, 0.2) is 5.84 Å². The average molecular weight is 240 g/mol. The molecule has 0 amide bonds. The highest BCUT2D eigenvalue weighted by Crippen LogP contribution is 2.31. The fourth-order valence-electron chi connectivity index (χ4n) is 2.13. The van der Waals surface area contributed by atoms with Crippen molar-refractivity contribution >= 4 is 23.7 Å². The summed E-state index contributed by atoms with van der Waals surface area (Å²) >= 11 is 0. The van der Waals surface area contributed by atoms with Gasteiger partial charge in [0.1, 0.15) is 0 Å². The van der Waals surface area contributed by atoms with Crippen LogP contribution in [0.5, 0.6) is 0 Å². The Balaban J connectivity index is 2.03. The molecule has 0 N–H and O–H groups in total. The normalized spacial score (nSPS) is 16.2. The van der Waals surface area contributed by atoms with Gasteiger partial charge in [-0.1, -0.05) is 18.2 Å². The van der Waals surface area contributed by atoms with Gasteiger partial charge in [-0.05, 0) is 18.6 Å². The maximum Gasteiger partial charge on any atom is 0.340 e. The zero-order valence-corrected chi connectivity index (χ0v) is 10.0. The molecule has 0 saturated carbocycles. The zero-order valence-electron chi connectivity index (χ0n) is 10.0. The van der Waals surface area contributed by atoms with Crippen molar-refractivity contribution in [3.8, 4) is 0 Å². The molecule has 4 nitrogen and oxygen atoms in total. The highest BCUT2D eigenvalue weighted by atomic mass is 16.5. The van der Waals surface area contributed by atoms with Crippen LogP contribution in [0.3, 0.4) is 0 Å². The predicted molar refractivity (Wildman–Crippen MR) is 69.4 cm³/mol. The largest absolute Gasteiger partial charge is 0.462 e. The highest BCUT2D eigenvalue weighted by Gasteiger charge is 2.27. The van der Waals surface area contributed by atoms with E-state index in [1.54, 1.807) is 13.1 Å². The number of nitrogens with zero attached hydrogens (tertiary/aromatic N) is 2. The number of carbonyl (C=O) groups is 1. The summed E-state index contributed by atoms with van der Waals surface area (Å²) in [6, 6.07) is 7.89. The number of hydrogen-bond donors (Lipinski definition) is 0. The summed E-state index contributed by atoms with van der Waals surface area (Å²) in [5, 5.41) is 0. The number of rotatable bonds is 2. The molecule has 0 aromatic heterocycles. The lowest BCUT2D eigenvalue weighted by molar-refractivity contribution is -0.137. The minimum absolute atomic E-state index is 0.319. The second kappa shape index (κ2) is 4.22. The number of carbonyl (C=O) groups excluding carboxylic acids is 1. The van der Waals surface area contributed by atoms with E-state index in [4.69, 9.17) is 4.74 Å². The molecule has 4 heteroatoms. The van der Waals surface area contributed by atoms with E-state index in [-0.39, 0.29) is 5.97 Å². The quantitative estimate of drug-likeness (QED) is 0.744. The first-order valence-electron chi connectivity index (χ1n) is 5.91. The van der Waals surface area contributed by atoms with E-state index in [9.17, 15) is 4.79 Å². The Hall–Kier alpha value is -2.23. The van der Waals surface area contributed by atoms with E-state index in [0.29, 0.717) is 24.4 Å². The van der Waals surface area contributed by atoms with Gasteiger partial charge >= 0.3 is 5.97 Å². The molecular formula is C14H12N2O2. The Labute approximate surface area is 105 Å². The van der Waals surface area contributed by atoms with Gasteiger partial charge in [0.25, 0.3) is 0 Å². The minimum atomic E-state index is -0.319. The third-order valence-electron chi connectivity index (χ3n) is 2.99. The molecule has 2 heterocycles. The molecule has 18 heavy (non-hydrogen) atoms. The van der Waals surface area contributed by atoms with Gasteiger partial charge in [-0.15, -0.1) is 0 Å². The molecule has 0 unspecified atom stereocenters. The molecular weight excluding hydrogens is 228 g/mol. The molecule has 1 aromatic rings. The van der Waals surface area contributed by atoms with Gasteiger partial charge in [-0.3, -0.25) is 0 Å². The van der Waals surface area contributed by atoms with Crippen molar-refractivity contribution in [2.24, 2.45) is 9.98 Å². The van der Waals surface area contributed by atoms with E-state index in [1.807, 2.05) is 24.3 Å². The molecule has 0 bridgehead atoms. The van der Waals surface area contributed by atoms with E-state index < -0.39 is 0 Å². The third-order valence-corrected chi connectivity index (χ3v) is 2.99. The molecule has 1 aromatic carbocycles. The first-order chi connectivity index (χ1) is 8.79. The first kappa shape index (κ1) is 10.9. The maximum atomic E-state index is 11.8. The molecule has 3 rings (SSSR count). The SMILES string of the molecule is CCOC(=O)C1=C2Cc3ccccc3N=C2N=C1. The van der Waals surface area contributed by atoms with Crippen molar-refractivity contribution < 1.29 is 9.53 Å². The summed E-state index contributed by atoms with van der Waals surface area (Å²) in [4.78, 5) is 20.4. The van der Waals surface area contributed by atoms with E-state index in [0.717, 1.165) is 16.8 Å². The Morgan fingerprint density at radius 2 is 2.22 bits per heavy atom. The molecule has 0 atom stereocenters. The molecule has 0 spiro atoms. The molecule has 2 aliphatic rings. The molecule has 2 aliphatic heterocycles. The standard InChI is InChI=1S/C14H12N2O2/c1-2-18-14(17)11-8-15-13-10(11)7-9-5-3-4-6-12(9)16-13/h3-6,8H,2,7H2,1H3. The van der Waals surface area contributed by atoms with Gasteiger partial charge in [0, 0.05) is 18.2 Å². The molecule has 0 aliphatic carbocycles.